The first-order valence-corrected chi connectivity index (χ1v) is 8.24. The number of aromatic nitrogens is 3. The molecular formula is C17H18FN5O2. The molecule has 0 amide bonds. The van der Waals surface area contributed by atoms with E-state index in [1.165, 1.54) is 22.9 Å². The Balaban J connectivity index is 1.36. The average Bonchev–Trinajstić information content (AvgIpc) is 3.04. The van der Waals surface area contributed by atoms with Gasteiger partial charge in [0.15, 0.2) is 5.58 Å². The number of halogens is 1. The van der Waals surface area contributed by atoms with Crippen LogP contribution in [0.25, 0.3) is 11.1 Å². The average molecular weight is 343 g/mol. The molecule has 3 aromatic rings. The minimum Gasteiger partial charge on any atom is -0.423 e. The summed E-state index contributed by atoms with van der Waals surface area (Å²) in [5, 5.41) is 4.07. The van der Waals surface area contributed by atoms with Gasteiger partial charge in [-0.15, -0.1) is 0 Å². The van der Waals surface area contributed by atoms with Gasteiger partial charge in [-0.05, 0) is 18.2 Å². The van der Waals surface area contributed by atoms with Crippen LogP contribution in [0.1, 0.15) is 0 Å². The quantitative estimate of drug-likeness (QED) is 0.712. The van der Waals surface area contributed by atoms with Crippen molar-refractivity contribution in [1.82, 2.24) is 19.7 Å². The molecule has 0 radical (unpaired) electrons. The normalized spacial score (nSPS) is 15.8. The number of hydrogen-bond acceptors (Lipinski definition) is 6. The van der Waals surface area contributed by atoms with Gasteiger partial charge in [0.1, 0.15) is 11.3 Å². The van der Waals surface area contributed by atoms with E-state index in [0.29, 0.717) is 23.7 Å². The third-order valence-electron chi connectivity index (χ3n) is 4.39. The van der Waals surface area contributed by atoms with Crippen molar-refractivity contribution in [2.45, 2.75) is 6.54 Å². The smallest absolute Gasteiger partial charge is 0.298 e. The Morgan fingerprint density at radius 1 is 1.12 bits per heavy atom. The first-order valence-electron chi connectivity index (χ1n) is 8.24. The van der Waals surface area contributed by atoms with Crippen LogP contribution in [-0.2, 0) is 6.54 Å². The van der Waals surface area contributed by atoms with Gasteiger partial charge in [0.25, 0.3) is 11.6 Å². The van der Waals surface area contributed by atoms with Gasteiger partial charge in [0.2, 0.25) is 0 Å². The fourth-order valence-corrected chi connectivity index (χ4v) is 2.98. The fraction of sp³-hybridized carbons (Fsp3) is 0.353. The van der Waals surface area contributed by atoms with Gasteiger partial charge < -0.3 is 9.32 Å². The van der Waals surface area contributed by atoms with Gasteiger partial charge in [-0.3, -0.25) is 9.69 Å². The summed E-state index contributed by atoms with van der Waals surface area (Å²) in [6.07, 6.45) is 1.62. The maximum atomic E-state index is 13.3. The van der Waals surface area contributed by atoms with Gasteiger partial charge in [0, 0.05) is 51.1 Å². The Hall–Kier alpha value is -2.74. The second kappa shape index (κ2) is 6.64. The van der Waals surface area contributed by atoms with Crippen LogP contribution in [0.5, 0.6) is 0 Å². The minimum atomic E-state index is -0.318. The molecule has 0 atom stereocenters. The van der Waals surface area contributed by atoms with Crippen LogP contribution in [-0.4, -0.2) is 52.4 Å². The Morgan fingerprint density at radius 3 is 2.76 bits per heavy atom. The monoisotopic (exact) mass is 343 g/mol. The van der Waals surface area contributed by atoms with Crippen LogP contribution in [0.15, 0.2) is 45.7 Å². The highest BCUT2D eigenvalue weighted by atomic mass is 19.1. The third-order valence-corrected chi connectivity index (χ3v) is 4.39. The summed E-state index contributed by atoms with van der Waals surface area (Å²) in [6, 6.07) is 8.03. The molecule has 8 heteroatoms. The molecule has 1 saturated heterocycles. The number of piperazine rings is 1. The molecule has 0 N–H and O–H groups in total. The summed E-state index contributed by atoms with van der Waals surface area (Å²) in [4.78, 5) is 20.4. The zero-order valence-electron chi connectivity index (χ0n) is 13.6. The largest absolute Gasteiger partial charge is 0.423 e. The molecule has 1 fully saturated rings. The zero-order valence-corrected chi connectivity index (χ0v) is 13.6. The molecule has 4 rings (SSSR count). The zero-order chi connectivity index (χ0) is 17.2. The first kappa shape index (κ1) is 15.8. The summed E-state index contributed by atoms with van der Waals surface area (Å²) >= 11 is 0. The lowest BCUT2D eigenvalue weighted by Gasteiger charge is -2.33. The van der Waals surface area contributed by atoms with E-state index in [1.807, 2.05) is 0 Å². The number of fused-ring (bicyclic) bond motifs is 1. The Bertz CT molecular complexity index is 930. The molecule has 0 aliphatic carbocycles. The molecular weight excluding hydrogens is 325 g/mol. The lowest BCUT2D eigenvalue weighted by atomic mass is 10.3. The Labute approximate surface area is 143 Å². The summed E-state index contributed by atoms with van der Waals surface area (Å²) < 4.78 is 20.5. The van der Waals surface area contributed by atoms with E-state index in [0.717, 1.165) is 32.7 Å². The number of benzene rings is 1. The predicted molar refractivity (Wildman–Crippen MR) is 91.1 cm³/mol. The Morgan fingerprint density at radius 2 is 1.96 bits per heavy atom. The van der Waals surface area contributed by atoms with Crippen LogP contribution in [0.2, 0.25) is 0 Å². The summed E-state index contributed by atoms with van der Waals surface area (Å²) in [5.74, 6) is -0.318. The molecule has 3 heterocycles. The number of hydrogen-bond donors (Lipinski definition) is 0. The van der Waals surface area contributed by atoms with Crippen LogP contribution in [0.3, 0.4) is 0 Å². The van der Waals surface area contributed by atoms with Crippen molar-refractivity contribution < 1.29 is 8.81 Å². The van der Waals surface area contributed by atoms with E-state index in [9.17, 15) is 9.18 Å². The molecule has 1 aliphatic rings. The van der Waals surface area contributed by atoms with E-state index in [-0.39, 0.29) is 11.4 Å². The van der Waals surface area contributed by atoms with E-state index >= 15 is 0 Å². The van der Waals surface area contributed by atoms with Gasteiger partial charge in [-0.2, -0.15) is 10.1 Å². The van der Waals surface area contributed by atoms with Crippen molar-refractivity contribution in [2.75, 3.05) is 37.6 Å². The van der Waals surface area contributed by atoms with E-state index in [4.69, 9.17) is 4.42 Å². The third kappa shape index (κ3) is 3.39. The second-order valence-electron chi connectivity index (χ2n) is 6.02. The highest BCUT2D eigenvalue weighted by molar-refractivity contribution is 5.74. The summed E-state index contributed by atoms with van der Waals surface area (Å²) in [6.45, 7) is 4.56. The van der Waals surface area contributed by atoms with Crippen molar-refractivity contribution >= 4 is 17.1 Å². The number of rotatable bonds is 4. The van der Waals surface area contributed by atoms with Gasteiger partial charge in [0.05, 0.1) is 6.54 Å². The highest BCUT2D eigenvalue weighted by Crippen LogP contribution is 2.23. The van der Waals surface area contributed by atoms with Crippen LogP contribution >= 0.6 is 0 Å². The van der Waals surface area contributed by atoms with Crippen LogP contribution in [0, 0.1) is 5.82 Å². The molecule has 130 valence electrons. The van der Waals surface area contributed by atoms with E-state index in [1.54, 1.807) is 18.3 Å². The molecule has 2 aromatic heterocycles. The summed E-state index contributed by atoms with van der Waals surface area (Å²) in [5.41, 5.74) is 1.04. The molecule has 7 nitrogen and oxygen atoms in total. The fourth-order valence-electron chi connectivity index (χ4n) is 2.98. The van der Waals surface area contributed by atoms with Gasteiger partial charge in [-0.25, -0.2) is 9.07 Å². The first-order chi connectivity index (χ1) is 12.2. The van der Waals surface area contributed by atoms with Crippen LogP contribution in [0.4, 0.5) is 10.4 Å². The maximum absolute atomic E-state index is 13.3. The lowest BCUT2D eigenvalue weighted by molar-refractivity contribution is 0.239. The van der Waals surface area contributed by atoms with Gasteiger partial charge >= 0.3 is 0 Å². The van der Waals surface area contributed by atoms with Crippen molar-refractivity contribution in [3.8, 4) is 0 Å². The second-order valence-corrected chi connectivity index (χ2v) is 6.02. The maximum Gasteiger partial charge on any atom is 0.298 e. The molecule has 0 saturated carbocycles. The number of oxazole rings is 1. The standard InChI is InChI=1S/C17H18FN5O2/c18-13-3-4-15-14(12-13)20-17(25-15)22-9-6-21(7-10-22)8-11-23-16(24)2-1-5-19-23/h1-5,12H,6-11H2. The molecule has 0 spiro atoms. The lowest BCUT2D eigenvalue weighted by Crippen LogP contribution is -2.47. The Kier molecular flexibility index (Phi) is 4.19. The summed E-state index contributed by atoms with van der Waals surface area (Å²) in [7, 11) is 0. The molecule has 1 aromatic carbocycles. The molecule has 0 unspecified atom stereocenters. The SMILES string of the molecule is O=c1cccnn1CCN1CCN(c2nc3cc(F)ccc3o2)CC1. The highest BCUT2D eigenvalue weighted by Gasteiger charge is 2.21. The number of nitrogens with zero attached hydrogens (tertiary/aromatic N) is 5. The molecule has 25 heavy (non-hydrogen) atoms. The predicted octanol–water partition coefficient (Wildman–Crippen LogP) is 1.35. The van der Waals surface area contributed by atoms with E-state index < -0.39 is 0 Å². The van der Waals surface area contributed by atoms with Crippen LogP contribution < -0.4 is 10.5 Å². The van der Waals surface area contributed by atoms with Crippen molar-refractivity contribution in [3.05, 3.63) is 52.7 Å². The van der Waals surface area contributed by atoms with E-state index in [2.05, 4.69) is 19.9 Å². The molecule has 0 bridgehead atoms. The van der Waals surface area contributed by atoms with Crippen molar-refractivity contribution in [3.63, 3.8) is 0 Å². The van der Waals surface area contributed by atoms with Crippen molar-refractivity contribution in [2.24, 2.45) is 0 Å². The van der Waals surface area contributed by atoms with Gasteiger partial charge in [-0.1, -0.05) is 0 Å². The van der Waals surface area contributed by atoms with Crippen molar-refractivity contribution in [1.29, 1.82) is 0 Å². The molecule has 1 aliphatic heterocycles. The number of anilines is 1. The minimum absolute atomic E-state index is 0.0835. The topological polar surface area (TPSA) is 67.4 Å².